The van der Waals surface area contributed by atoms with Crippen molar-refractivity contribution in [2.45, 2.75) is 0 Å². The molecule has 0 saturated carbocycles. The maximum Gasteiger partial charge on any atom is 0 e. The zero-order valence-corrected chi connectivity index (χ0v) is 13.5. The van der Waals surface area contributed by atoms with Crippen LogP contribution in [0.4, 0.5) is 0 Å². The summed E-state index contributed by atoms with van der Waals surface area (Å²) in [6.07, 6.45) is 0. The Morgan fingerprint density at radius 2 is 1.00 bits per heavy atom. The molecule has 0 aliphatic rings. The molecule has 0 fully saturated rings. The van der Waals surface area contributed by atoms with Gasteiger partial charge in [0.05, 0.1) is 0 Å². The molecule has 3 N–H and O–H groups in total. The number of hydrogen-bond acceptors (Lipinski definition) is 1. The van der Waals surface area contributed by atoms with Crippen molar-refractivity contribution in [2.24, 2.45) is 0 Å². The van der Waals surface area contributed by atoms with E-state index >= 15 is 0 Å². The molecule has 7 heavy (non-hydrogen) atoms. The first-order chi connectivity index (χ1) is 0. The summed E-state index contributed by atoms with van der Waals surface area (Å²) in [7, 11) is 0. The summed E-state index contributed by atoms with van der Waals surface area (Å²) < 4.78 is 0. The van der Waals surface area contributed by atoms with Gasteiger partial charge in [-0.2, -0.15) is 13.5 Å². The number of rotatable bonds is 0. The molecule has 0 unspecified atom stereocenters. The zero-order chi connectivity index (χ0) is 0. The molecule has 35 valence electrons. The van der Waals surface area contributed by atoms with Gasteiger partial charge in [-0.3, -0.25) is 0 Å². The molecule has 0 atom stereocenters. The largest absolute Gasteiger partial charge is 0.344 e. The van der Waals surface area contributed by atoms with Crippen LogP contribution in [-0.4, -0.2) is 85.4 Å². The SMILES string of the molecule is N.S.[Fe].[K].[Mg].[Si].[Ti]. The van der Waals surface area contributed by atoms with E-state index in [2.05, 4.69) is 0 Å². The summed E-state index contributed by atoms with van der Waals surface area (Å²) in [6, 6.07) is 0. The molecular weight excluding hydrogens is 241 g/mol. The minimum absolute atomic E-state index is 0. The molecule has 1 nitrogen and oxygen atoms in total. The third kappa shape index (κ3) is 39.1. The van der Waals surface area contributed by atoms with Crippen molar-refractivity contribution >= 4 is 98.9 Å². The summed E-state index contributed by atoms with van der Waals surface area (Å²) in [4.78, 5) is 0. The van der Waals surface area contributed by atoms with Crippen LogP contribution in [-0.2, 0) is 38.8 Å². The third-order valence-electron chi connectivity index (χ3n) is 0. The van der Waals surface area contributed by atoms with Crippen molar-refractivity contribution in [3.63, 3.8) is 0 Å². The predicted octanol–water partition coefficient (Wildman–Crippen LogP) is -0.873. The normalized spacial score (nSPS) is 0. The molecule has 7 heteroatoms. The van der Waals surface area contributed by atoms with Crippen LogP contribution in [0.3, 0.4) is 0 Å². The molecule has 0 saturated heterocycles. The summed E-state index contributed by atoms with van der Waals surface area (Å²) in [5, 5.41) is 0. The van der Waals surface area contributed by atoms with Gasteiger partial charge in [-0.15, -0.1) is 0 Å². The van der Waals surface area contributed by atoms with Crippen LogP contribution >= 0.6 is 13.5 Å². The molecule has 0 rings (SSSR count). The van der Waals surface area contributed by atoms with Gasteiger partial charge in [0.2, 0.25) is 0 Å². The fraction of sp³-hybridized carbons (Fsp3) is 0. The van der Waals surface area contributed by atoms with Crippen LogP contribution in [0.1, 0.15) is 0 Å². The van der Waals surface area contributed by atoms with E-state index in [4.69, 9.17) is 0 Å². The molecule has 0 spiro atoms. The van der Waals surface area contributed by atoms with Crippen LogP contribution in [0, 0.1) is 0 Å². The van der Waals surface area contributed by atoms with E-state index in [-0.39, 0.29) is 144 Å². The molecule has 0 aliphatic carbocycles. The monoisotopic (exact) mass is 246 g/mol. The molecule has 0 aromatic rings. The Morgan fingerprint density at radius 1 is 1.00 bits per heavy atom. The second-order valence-corrected chi connectivity index (χ2v) is 0. The van der Waals surface area contributed by atoms with E-state index in [1.165, 1.54) is 0 Å². The summed E-state index contributed by atoms with van der Waals surface area (Å²) in [6.45, 7) is 0. The van der Waals surface area contributed by atoms with Gasteiger partial charge < -0.3 is 6.15 Å². The van der Waals surface area contributed by atoms with E-state index < -0.39 is 0 Å². The second kappa shape index (κ2) is 49.2. The van der Waals surface area contributed by atoms with Gasteiger partial charge in [0.1, 0.15) is 0 Å². The predicted molar refractivity (Wildman–Crippen MR) is 32.7 cm³/mol. The van der Waals surface area contributed by atoms with Crippen LogP contribution < -0.4 is 6.15 Å². The Balaban J connectivity index is 0. The van der Waals surface area contributed by atoms with Crippen molar-refractivity contribution < 1.29 is 38.8 Å². The molecule has 0 bridgehead atoms. The maximum absolute atomic E-state index is 0. The fourth-order valence-corrected chi connectivity index (χ4v) is 0. The maximum atomic E-state index is 0. The zero-order valence-electron chi connectivity index (χ0n) is 4.27. The van der Waals surface area contributed by atoms with E-state index in [9.17, 15) is 0 Å². The Morgan fingerprint density at radius 3 is 1.00 bits per heavy atom. The van der Waals surface area contributed by atoms with Crippen LogP contribution in [0.5, 0.6) is 0 Å². The van der Waals surface area contributed by atoms with Crippen LogP contribution in [0.15, 0.2) is 0 Å². The molecule has 0 aromatic carbocycles. The standard InChI is InChI=1S/Fe.K.Mg.H3N.H2S.Si.Ti/h;;;1H3;1H2;;. The minimum atomic E-state index is 0. The van der Waals surface area contributed by atoms with Gasteiger partial charge in [0, 0.05) is 124 Å². The molecular formula is H5FeKMgNSSiTi. The first kappa shape index (κ1) is 66.5. The molecule has 0 aliphatic heterocycles. The molecule has 0 heterocycles. The van der Waals surface area contributed by atoms with E-state index in [1.54, 1.807) is 0 Å². The third-order valence-corrected chi connectivity index (χ3v) is 0. The van der Waals surface area contributed by atoms with E-state index in [1.807, 2.05) is 0 Å². The quantitative estimate of drug-likeness (QED) is 0.554. The molecule has 0 amide bonds. The first-order valence-corrected chi connectivity index (χ1v) is 0. The Labute approximate surface area is 140 Å². The molecule has 0 aromatic heterocycles. The summed E-state index contributed by atoms with van der Waals surface area (Å²) in [5.41, 5.74) is 0. The van der Waals surface area contributed by atoms with E-state index in [0.717, 1.165) is 0 Å². The Kier molecular flexibility index (Phi) is 468. The molecule has 7 radical (unpaired) electrons. The van der Waals surface area contributed by atoms with Crippen LogP contribution in [0.2, 0.25) is 0 Å². The summed E-state index contributed by atoms with van der Waals surface area (Å²) in [5.74, 6) is 0. The van der Waals surface area contributed by atoms with Gasteiger partial charge in [-0.25, -0.2) is 0 Å². The smallest absolute Gasteiger partial charge is 0 e. The van der Waals surface area contributed by atoms with Gasteiger partial charge in [-0.05, 0) is 0 Å². The van der Waals surface area contributed by atoms with Crippen molar-refractivity contribution in [3.8, 4) is 0 Å². The summed E-state index contributed by atoms with van der Waals surface area (Å²) >= 11 is 0. The Bertz CT molecular complexity index is 19.7. The van der Waals surface area contributed by atoms with Gasteiger partial charge in [0.25, 0.3) is 0 Å². The van der Waals surface area contributed by atoms with Crippen molar-refractivity contribution in [2.75, 3.05) is 0 Å². The fourth-order valence-electron chi connectivity index (χ4n) is 0. The van der Waals surface area contributed by atoms with Gasteiger partial charge in [0.15, 0.2) is 0 Å². The van der Waals surface area contributed by atoms with Crippen LogP contribution in [0.25, 0.3) is 0 Å². The van der Waals surface area contributed by atoms with Crippen molar-refractivity contribution in [1.82, 2.24) is 6.15 Å². The van der Waals surface area contributed by atoms with Gasteiger partial charge >= 0.3 is 0 Å². The Hall–Kier alpha value is 4.16. The van der Waals surface area contributed by atoms with Gasteiger partial charge in [-0.1, -0.05) is 0 Å². The topological polar surface area (TPSA) is 35.0 Å². The average molecular weight is 246 g/mol. The number of hydrogen-bond donors (Lipinski definition) is 1. The average Bonchev–Trinajstić information content (AvgIpc) is 0. The van der Waals surface area contributed by atoms with Crippen molar-refractivity contribution in [3.05, 3.63) is 0 Å². The van der Waals surface area contributed by atoms with Crippen molar-refractivity contribution in [1.29, 1.82) is 0 Å². The van der Waals surface area contributed by atoms with E-state index in [0.29, 0.717) is 0 Å². The first-order valence-electron chi connectivity index (χ1n) is 0. The second-order valence-electron chi connectivity index (χ2n) is 0. The minimum Gasteiger partial charge on any atom is -0.344 e.